The molecule has 1 aliphatic carbocycles. The summed E-state index contributed by atoms with van der Waals surface area (Å²) in [4.78, 5) is 51.9. The third-order valence-electron chi connectivity index (χ3n) is 7.64. The fourth-order valence-corrected chi connectivity index (χ4v) is 5.52. The minimum absolute atomic E-state index is 0.103. The molecule has 2 aromatic carbocycles. The van der Waals surface area contributed by atoms with E-state index >= 15 is 0 Å². The van der Waals surface area contributed by atoms with Crippen LogP contribution in [-0.2, 0) is 23.8 Å². The van der Waals surface area contributed by atoms with Crippen molar-refractivity contribution in [3.8, 4) is 11.1 Å². The third-order valence-corrected chi connectivity index (χ3v) is 7.64. The lowest BCUT2D eigenvalue weighted by atomic mass is 9.98. The summed E-state index contributed by atoms with van der Waals surface area (Å²) in [7, 11) is 0. The molecule has 0 bridgehead atoms. The van der Waals surface area contributed by atoms with Gasteiger partial charge in [-0.3, -0.25) is 4.79 Å². The second kappa shape index (κ2) is 17.2. The summed E-state index contributed by atoms with van der Waals surface area (Å²) >= 11 is 0. The van der Waals surface area contributed by atoms with E-state index in [2.05, 4.69) is 35.0 Å². The van der Waals surface area contributed by atoms with Gasteiger partial charge in [-0.1, -0.05) is 74.7 Å². The van der Waals surface area contributed by atoms with Gasteiger partial charge >= 0.3 is 18.2 Å². The highest BCUT2D eigenvalue weighted by atomic mass is 16.6. The number of ether oxygens (including phenoxy) is 3. The molecular weight excluding hydrogens is 598 g/mol. The average molecular weight is 652 g/mol. The van der Waals surface area contributed by atoms with Gasteiger partial charge < -0.3 is 30.2 Å². The van der Waals surface area contributed by atoms with Crippen LogP contribution in [0.15, 0.2) is 48.5 Å². The Labute approximate surface area is 279 Å². The maximum Gasteiger partial charge on any atom is 0.407 e. The van der Waals surface area contributed by atoms with Gasteiger partial charge in [0.1, 0.15) is 29.9 Å². The second-order valence-corrected chi connectivity index (χ2v) is 14.0. The van der Waals surface area contributed by atoms with Crippen LogP contribution in [0.5, 0.6) is 0 Å². The van der Waals surface area contributed by atoms with Crippen molar-refractivity contribution < 1.29 is 33.4 Å². The topological polar surface area (TPSA) is 132 Å². The van der Waals surface area contributed by atoms with Gasteiger partial charge in [0.15, 0.2) is 0 Å². The molecule has 1 aliphatic rings. The van der Waals surface area contributed by atoms with Gasteiger partial charge in [-0.15, -0.1) is 0 Å². The lowest BCUT2D eigenvalue weighted by Crippen LogP contribution is -2.52. The molecule has 0 aliphatic heterocycles. The monoisotopic (exact) mass is 651 g/mol. The minimum atomic E-state index is -0.969. The number of carbonyl (C=O) groups is 4. The number of rotatable bonds is 15. The molecule has 0 heterocycles. The van der Waals surface area contributed by atoms with Gasteiger partial charge in [0.05, 0.1) is 0 Å². The van der Waals surface area contributed by atoms with E-state index in [9.17, 15) is 19.2 Å². The van der Waals surface area contributed by atoms with Gasteiger partial charge in [0, 0.05) is 12.5 Å². The van der Waals surface area contributed by atoms with E-state index in [1.165, 1.54) is 0 Å². The summed E-state index contributed by atoms with van der Waals surface area (Å²) in [5.41, 5.74) is 3.07. The molecule has 3 amide bonds. The summed E-state index contributed by atoms with van der Waals surface area (Å²) in [6, 6.07) is 14.3. The third kappa shape index (κ3) is 12.2. The summed E-state index contributed by atoms with van der Waals surface area (Å²) in [5, 5.41) is 8.29. The first-order valence-corrected chi connectivity index (χ1v) is 16.8. The Balaban J connectivity index is 1.67. The summed E-state index contributed by atoms with van der Waals surface area (Å²) in [6.45, 7) is 13.2. The van der Waals surface area contributed by atoms with Gasteiger partial charge in [-0.25, -0.2) is 14.4 Å². The number of benzene rings is 2. The number of carbonyl (C=O) groups excluding carboxylic acids is 4. The number of fused-ring (bicyclic) bond motifs is 3. The molecule has 0 saturated carbocycles. The molecule has 10 heteroatoms. The van der Waals surface area contributed by atoms with Crippen molar-refractivity contribution in [1.82, 2.24) is 16.0 Å². The van der Waals surface area contributed by atoms with Gasteiger partial charge in [-0.2, -0.15) is 0 Å². The Bertz CT molecular complexity index is 1320. The largest absolute Gasteiger partial charge is 0.458 e. The van der Waals surface area contributed by atoms with Crippen LogP contribution in [0.4, 0.5) is 9.59 Å². The van der Waals surface area contributed by atoms with Crippen LogP contribution < -0.4 is 16.0 Å². The molecule has 10 nitrogen and oxygen atoms in total. The lowest BCUT2D eigenvalue weighted by molar-refractivity contribution is -0.159. The zero-order valence-electron chi connectivity index (χ0n) is 29.1. The fraction of sp³-hybridized carbons (Fsp3) is 0.568. The standard InChI is InChI=1S/C37H53N3O7/c1-8-9-10-22-31(33(42)46-36(2,3)4)39-32(41)30(21-15-16-23-38-34(43)47-37(5,6)7)40-35(44)45-24-29-27-19-13-11-17-25(27)26-18-12-14-20-28(26)29/h11-14,17-20,29-31H,8-10,15-16,21-24H2,1-7H3,(H,38,43)(H,39,41)(H,40,44)/t30?,31-/m0/s1. The van der Waals surface area contributed by atoms with Crippen LogP contribution in [0.25, 0.3) is 11.1 Å². The molecule has 3 N–H and O–H groups in total. The van der Waals surface area contributed by atoms with Gasteiger partial charge in [0.2, 0.25) is 5.91 Å². The van der Waals surface area contributed by atoms with Crippen LogP contribution in [-0.4, -0.2) is 60.5 Å². The molecule has 3 rings (SSSR count). The Hall–Kier alpha value is -4.08. The smallest absolute Gasteiger partial charge is 0.407 e. The van der Waals surface area contributed by atoms with Gasteiger partial charge in [0.25, 0.3) is 0 Å². The van der Waals surface area contributed by atoms with E-state index in [0.717, 1.165) is 41.5 Å². The molecule has 0 fully saturated rings. The van der Waals surface area contributed by atoms with Crippen molar-refractivity contribution in [2.75, 3.05) is 13.2 Å². The average Bonchev–Trinajstić information content (AvgIpc) is 3.30. The number of amides is 3. The van der Waals surface area contributed by atoms with E-state index in [4.69, 9.17) is 14.2 Å². The maximum atomic E-state index is 13.6. The second-order valence-electron chi connectivity index (χ2n) is 14.0. The van der Waals surface area contributed by atoms with Crippen molar-refractivity contribution in [3.63, 3.8) is 0 Å². The number of alkyl carbamates (subject to hydrolysis) is 2. The maximum absolute atomic E-state index is 13.6. The highest BCUT2D eigenvalue weighted by molar-refractivity contribution is 5.89. The summed E-state index contributed by atoms with van der Waals surface area (Å²) in [6.07, 6.45) is 3.09. The van der Waals surface area contributed by atoms with Crippen LogP contribution in [0, 0.1) is 0 Å². The molecule has 2 aromatic rings. The number of hydrogen-bond acceptors (Lipinski definition) is 7. The predicted molar refractivity (Wildman–Crippen MR) is 182 cm³/mol. The van der Waals surface area contributed by atoms with E-state index in [1.54, 1.807) is 41.5 Å². The van der Waals surface area contributed by atoms with Crippen molar-refractivity contribution in [2.45, 2.75) is 123 Å². The quantitative estimate of drug-likeness (QED) is 0.107. The molecule has 258 valence electrons. The zero-order chi connectivity index (χ0) is 34.6. The number of esters is 1. The molecule has 0 aromatic heterocycles. The molecule has 0 spiro atoms. The lowest BCUT2D eigenvalue weighted by Gasteiger charge is -2.26. The van der Waals surface area contributed by atoms with Gasteiger partial charge in [-0.05, 0) is 89.5 Å². The number of nitrogens with one attached hydrogen (secondary N) is 3. The first kappa shape index (κ1) is 37.4. The highest BCUT2D eigenvalue weighted by Crippen LogP contribution is 2.44. The Morgan fingerprint density at radius 1 is 0.702 bits per heavy atom. The Morgan fingerprint density at radius 3 is 1.83 bits per heavy atom. The van der Waals surface area contributed by atoms with E-state index in [0.29, 0.717) is 25.8 Å². The first-order chi connectivity index (χ1) is 22.2. The normalized spacial score (nSPS) is 13.9. The minimum Gasteiger partial charge on any atom is -0.458 e. The molecule has 2 atom stereocenters. The van der Waals surface area contributed by atoms with Crippen LogP contribution >= 0.6 is 0 Å². The Kier molecular flexibility index (Phi) is 13.7. The highest BCUT2D eigenvalue weighted by Gasteiger charge is 2.32. The van der Waals surface area contributed by atoms with Crippen LogP contribution in [0.2, 0.25) is 0 Å². The molecule has 0 radical (unpaired) electrons. The van der Waals surface area contributed by atoms with Crippen molar-refractivity contribution in [3.05, 3.63) is 59.7 Å². The van der Waals surface area contributed by atoms with Crippen LogP contribution in [0.3, 0.4) is 0 Å². The van der Waals surface area contributed by atoms with Crippen molar-refractivity contribution in [1.29, 1.82) is 0 Å². The fourth-order valence-electron chi connectivity index (χ4n) is 5.52. The van der Waals surface area contributed by atoms with Crippen molar-refractivity contribution >= 4 is 24.1 Å². The Morgan fingerprint density at radius 2 is 1.26 bits per heavy atom. The van der Waals surface area contributed by atoms with Crippen molar-refractivity contribution in [2.24, 2.45) is 0 Å². The number of unbranched alkanes of at least 4 members (excludes halogenated alkanes) is 3. The molecule has 1 unspecified atom stereocenters. The summed E-state index contributed by atoms with van der Waals surface area (Å²) < 4.78 is 16.6. The first-order valence-electron chi connectivity index (χ1n) is 16.8. The van der Waals surface area contributed by atoms with E-state index in [1.807, 2.05) is 36.4 Å². The zero-order valence-corrected chi connectivity index (χ0v) is 29.1. The SMILES string of the molecule is CCCCC[C@H](NC(=O)C(CCCCNC(=O)OC(C)(C)C)NC(=O)OCC1c2ccccc2-c2ccccc21)C(=O)OC(C)(C)C. The van der Waals surface area contributed by atoms with E-state index in [-0.39, 0.29) is 18.9 Å². The number of hydrogen-bond donors (Lipinski definition) is 3. The predicted octanol–water partition coefficient (Wildman–Crippen LogP) is 7.00. The molecular formula is C37H53N3O7. The van der Waals surface area contributed by atoms with Crippen LogP contribution in [0.1, 0.15) is 110 Å². The molecule has 47 heavy (non-hydrogen) atoms. The molecule has 0 saturated heterocycles. The van der Waals surface area contributed by atoms with E-state index < -0.39 is 47.3 Å². The summed E-state index contributed by atoms with van der Waals surface area (Å²) in [5.74, 6) is -1.14.